The van der Waals surface area contributed by atoms with Gasteiger partial charge in [0.05, 0.1) is 10.7 Å². The number of aryl methyl sites for hydroxylation is 3. The van der Waals surface area contributed by atoms with Gasteiger partial charge in [0.2, 0.25) is 0 Å². The summed E-state index contributed by atoms with van der Waals surface area (Å²) in [5, 5.41) is 10.0. The van der Waals surface area contributed by atoms with E-state index in [-0.39, 0.29) is 0 Å². The topological polar surface area (TPSA) is 36.7 Å². The van der Waals surface area contributed by atoms with E-state index in [9.17, 15) is 0 Å². The zero-order valence-corrected chi connectivity index (χ0v) is 10.6. The quantitative estimate of drug-likeness (QED) is 0.824. The van der Waals surface area contributed by atoms with Crippen LogP contribution in [0.5, 0.6) is 0 Å². The Balaban J connectivity index is 2.05. The molecule has 0 fully saturated rings. The van der Waals surface area contributed by atoms with E-state index in [1.54, 1.807) is 0 Å². The van der Waals surface area contributed by atoms with Gasteiger partial charge in [0.25, 0.3) is 0 Å². The van der Waals surface area contributed by atoms with Gasteiger partial charge in [-0.2, -0.15) is 5.26 Å². The van der Waals surface area contributed by atoms with Crippen LogP contribution >= 0.6 is 11.3 Å². The molecule has 0 aliphatic rings. The Hall–Kier alpha value is -1.66. The number of thiazole rings is 1. The van der Waals surface area contributed by atoms with E-state index >= 15 is 0 Å². The lowest BCUT2D eigenvalue weighted by molar-refractivity contribution is 0.921. The second-order valence-corrected chi connectivity index (χ2v) is 4.92. The van der Waals surface area contributed by atoms with Crippen LogP contribution < -0.4 is 0 Å². The number of nitriles is 1. The molecule has 0 bridgehead atoms. The van der Waals surface area contributed by atoms with E-state index in [0.717, 1.165) is 34.8 Å². The summed E-state index contributed by atoms with van der Waals surface area (Å²) in [6, 6.07) is 12.6. The highest BCUT2D eigenvalue weighted by atomic mass is 32.1. The van der Waals surface area contributed by atoms with Crippen LogP contribution in [0.2, 0.25) is 0 Å². The van der Waals surface area contributed by atoms with Crippen molar-refractivity contribution in [3.8, 4) is 6.07 Å². The number of rotatable bonds is 4. The minimum atomic E-state index is 0.774. The van der Waals surface area contributed by atoms with Crippen molar-refractivity contribution in [3.05, 3.63) is 51.5 Å². The molecule has 86 valence electrons. The SMILES string of the molecule is CCc1nc(CCc2ccccc2)sc1C#N. The van der Waals surface area contributed by atoms with Crippen LogP contribution in [-0.4, -0.2) is 4.98 Å². The fraction of sp³-hybridized carbons (Fsp3) is 0.286. The maximum Gasteiger partial charge on any atom is 0.128 e. The predicted molar refractivity (Wildman–Crippen MR) is 70.1 cm³/mol. The second-order valence-electron chi connectivity index (χ2n) is 3.83. The van der Waals surface area contributed by atoms with E-state index in [1.807, 2.05) is 13.0 Å². The number of aromatic nitrogens is 1. The summed E-state index contributed by atoms with van der Waals surface area (Å²) in [5.74, 6) is 0. The Morgan fingerprint density at radius 2 is 2.00 bits per heavy atom. The lowest BCUT2D eigenvalue weighted by Crippen LogP contribution is -1.91. The van der Waals surface area contributed by atoms with Crippen molar-refractivity contribution in [1.29, 1.82) is 5.26 Å². The highest BCUT2D eigenvalue weighted by Gasteiger charge is 2.08. The van der Waals surface area contributed by atoms with E-state index in [1.165, 1.54) is 16.9 Å². The van der Waals surface area contributed by atoms with Crippen molar-refractivity contribution >= 4 is 11.3 Å². The number of nitrogens with zero attached hydrogens (tertiary/aromatic N) is 2. The fourth-order valence-electron chi connectivity index (χ4n) is 1.73. The number of benzene rings is 1. The first kappa shape index (κ1) is 11.8. The highest BCUT2D eigenvalue weighted by Crippen LogP contribution is 2.19. The summed E-state index contributed by atoms with van der Waals surface area (Å²) in [5.41, 5.74) is 2.26. The molecule has 0 aliphatic heterocycles. The summed E-state index contributed by atoms with van der Waals surface area (Å²) in [7, 11) is 0. The molecule has 0 spiro atoms. The summed E-state index contributed by atoms with van der Waals surface area (Å²) < 4.78 is 0. The van der Waals surface area contributed by atoms with E-state index in [4.69, 9.17) is 5.26 Å². The van der Waals surface area contributed by atoms with Crippen molar-refractivity contribution in [1.82, 2.24) is 4.98 Å². The minimum absolute atomic E-state index is 0.774. The average Bonchev–Trinajstić information content (AvgIpc) is 2.80. The van der Waals surface area contributed by atoms with Gasteiger partial charge in [0.1, 0.15) is 10.9 Å². The van der Waals surface area contributed by atoms with Gasteiger partial charge in [0, 0.05) is 6.42 Å². The van der Waals surface area contributed by atoms with Gasteiger partial charge in [-0.25, -0.2) is 4.98 Å². The van der Waals surface area contributed by atoms with Gasteiger partial charge in [0.15, 0.2) is 0 Å². The van der Waals surface area contributed by atoms with Gasteiger partial charge in [-0.1, -0.05) is 37.3 Å². The summed E-state index contributed by atoms with van der Waals surface area (Å²) in [6.07, 6.45) is 2.75. The largest absolute Gasteiger partial charge is 0.245 e. The lowest BCUT2D eigenvalue weighted by atomic mass is 10.1. The Morgan fingerprint density at radius 1 is 1.24 bits per heavy atom. The first-order valence-electron chi connectivity index (χ1n) is 5.76. The zero-order valence-electron chi connectivity index (χ0n) is 9.81. The molecule has 0 atom stereocenters. The predicted octanol–water partition coefficient (Wildman–Crippen LogP) is 3.36. The molecule has 2 aromatic rings. The number of hydrogen-bond donors (Lipinski definition) is 0. The molecular formula is C14H14N2S. The summed E-state index contributed by atoms with van der Waals surface area (Å²) in [4.78, 5) is 5.28. The third kappa shape index (κ3) is 2.92. The van der Waals surface area contributed by atoms with Crippen molar-refractivity contribution in [2.75, 3.05) is 0 Å². The standard InChI is InChI=1S/C14H14N2S/c1-2-12-13(10-15)17-14(16-12)9-8-11-6-4-3-5-7-11/h3-7H,2,8-9H2,1H3. The molecule has 3 heteroatoms. The molecule has 1 aromatic carbocycles. The van der Waals surface area contributed by atoms with Crippen LogP contribution in [0.25, 0.3) is 0 Å². The Labute approximate surface area is 106 Å². The van der Waals surface area contributed by atoms with Crippen molar-refractivity contribution in [3.63, 3.8) is 0 Å². The molecule has 1 aromatic heterocycles. The van der Waals surface area contributed by atoms with Gasteiger partial charge in [-0.3, -0.25) is 0 Å². The Kier molecular flexibility index (Phi) is 3.89. The zero-order chi connectivity index (χ0) is 12.1. The Bertz CT molecular complexity index is 523. The van der Waals surface area contributed by atoms with Crippen molar-refractivity contribution < 1.29 is 0 Å². The van der Waals surface area contributed by atoms with Crippen LogP contribution in [0.1, 0.15) is 28.1 Å². The molecule has 0 saturated carbocycles. The first-order chi connectivity index (χ1) is 8.33. The van der Waals surface area contributed by atoms with Crippen LogP contribution in [0.15, 0.2) is 30.3 Å². The van der Waals surface area contributed by atoms with E-state index in [0.29, 0.717) is 0 Å². The first-order valence-corrected chi connectivity index (χ1v) is 6.57. The second kappa shape index (κ2) is 5.60. The van der Waals surface area contributed by atoms with Crippen LogP contribution in [0.4, 0.5) is 0 Å². The molecule has 0 N–H and O–H groups in total. The third-order valence-corrected chi connectivity index (χ3v) is 3.71. The number of hydrogen-bond acceptors (Lipinski definition) is 3. The third-order valence-electron chi connectivity index (χ3n) is 2.65. The van der Waals surface area contributed by atoms with Gasteiger partial charge >= 0.3 is 0 Å². The van der Waals surface area contributed by atoms with Crippen molar-refractivity contribution in [2.45, 2.75) is 26.2 Å². The molecule has 0 radical (unpaired) electrons. The van der Waals surface area contributed by atoms with Gasteiger partial charge in [-0.05, 0) is 18.4 Å². The Morgan fingerprint density at radius 3 is 2.59 bits per heavy atom. The summed E-state index contributed by atoms with van der Waals surface area (Å²) in [6.45, 7) is 2.04. The average molecular weight is 242 g/mol. The molecule has 0 aliphatic carbocycles. The fourth-order valence-corrected chi connectivity index (χ4v) is 2.68. The molecule has 0 saturated heterocycles. The lowest BCUT2D eigenvalue weighted by Gasteiger charge is -1.97. The minimum Gasteiger partial charge on any atom is -0.245 e. The van der Waals surface area contributed by atoms with Crippen molar-refractivity contribution in [2.24, 2.45) is 0 Å². The molecule has 1 heterocycles. The van der Waals surface area contributed by atoms with E-state index in [2.05, 4.69) is 35.3 Å². The van der Waals surface area contributed by atoms with Crippen LogP contribution in [0.3, 0.4) is 0 Å². The molecule has 0 unspecified atom stereocenters. The van der Waals surface area contributed by atoms with Crippen LogP contribution in [-0.2, 0) is 19.3 Å². The summed E-state index contributed by atoms with van der Waals surface area (Å²) >= 11 is 1.53. The maximum absolute atomic E-state index is 8.97. The molecule has 2 nitrogen and oxygen atoms in total. The van der Waals surface area contributed by atoms with E-state index < -0.39 is 0 Å². The molecular weight excluding hydrogens is 228 g/mol. The smallest absolute Gasteiger partial charge is 0.128 e. The molecule has 2 rings (SSSR count). The normalized spacial score (nSPS) is 10.1. The highest BCUT2D eigenvalue weighted by molar-refractivity contribution is 7.12. The van der Waals surface area contributed by atoms with Gasteiger partial charge in [-0.15, -0.1) is 11.3 Å². The maximum atomic E-state index is 8.97. The molecule has 17 heavy (non-hydrogen) atoms. The molecule has 0 amide bonds. The van der Waals surface area contributed by atoms with Crippen LogP contribution in [0, 0.1) is 11.3 Å². The monoisotopic (exact) mass is 242 g/mol. The van der Waals surface area contributed by atoms with Gasteiger partial charge < -0.3 is 0 Å².